The summed E-state index contributed by atoms with van der Waals surface area (Å²) in [7, 11) is 1.71. The van der Waals surface area contributed by atoms with Crippen molar-refractivity contribution >= 4 is 29.1 Å². The second-order valence-corrected chi connectivity index (χ2v) is 9.11. The highest BCUT2D eigenvalue weighted by molar-refractivity contribution is 6.33. The van der Waals surface area contributed by atoms with Crippen molar-refractivity contribution in [2.45, 2.75) is 12.0 Å². The van der Waals surface area contributed by atoms with Gasteiger partial charge < -0.3 is 10.1 Å². The van der Waals surface area contributed by atoms with Gasteiger partial charge >= 0.3 is 6.03 Å². The SMILES string of the molecule is COCCN1CC(NC(=O)Nc2c(-c3ccccc3)nc3c(Cl)cccn23)C(c2ccccc2)C1. The summed E-state index contributed by atoms with van der Waals surface area (Å²) in [5.74, 6) is 0.765. The monoisotopic (exact) mass is 489 g/mol. The van der Waals surface area contributed by atoms with Crippen LogP contribution in [-0.4, -0.2) is 59.7 Å². The van der Waals surface area contributed by atoms with Crippen LogP contribution in [-0.2, 0) is 4.74 Å². The van der Waals surface area contributed by atoms with E-state index in [1.165, 1.54) is 5.56 Å². The number of rotatable bonds is 7. The summed E-state index contributed by atoms with van der Waals surface area (Å²) in [5.41, 5.74) is 3.37. The second-order valence-electron chi connectivity index (χ2n) is 8.70. The molecular weight excluding hydrogens is 462 g/mol. The molecule has 8 heteroatoms. The first-order valence-corrected chi connectivity index (χ1v) is 12.1. The van der Waals surface area contributed by atoms with Gasteiger partial charge in [0, 0.05) is 44.4 Å². The van der Waals surface area contributed by atoms with Crippen LogP contribution < -0.4 is 10.6 Å². The number of imidazole rings is 1. The Kier molecular flexibility index (Phi) is 6.99. The number of nitrogens with one attached hydrogen (secondary N) is 2. The minimum absolute atomic E-state index is 0.0443. The molecule has 0 bridgehead atoms. The van der Waals surface area contributed by atoms with E-state index in [0.717, 1.165) is 25.2 Å². The maximum Gasteiger partial charge on any atom is 0.320 e. The van der Waals surface area contributed by atoms with Crippen molar-refractivity contribution in [2.75, 3.05) is 38.7 Å². The van der Waals surface area contributed by atoms with Crippen LogP contribution in [0.2, 0.25) is 5.02 Å². The van der Waals surface area contributed by atoms with E-state index in [4.69, 9.17) is 21.3 Å². The van der Waals surface area contributed by atoms with Crippen LogP contribution in [0, 0.1) is 0 Å². The Hall–Kier alpha value is -3.39. The number of carbonyl (C=O) groups is 1. The van der Waals surface area contributed by atoms with Crippen molar-refractivity contribution in [1.82, 2.24) is 19.6 Å². The fraction of sp³-hybridized carbons (Fsp3) is 0.259. The molecule has 180 valence electrons. The normalized spacial score (nSPS) is 18.1. The summed E-state index contributed by atoms with van der Waals surface area (Å²) in [6.07, 6.45) is 1.85. The number of hydrogen-bond acceptors (Lipinski definition) is 4. The molecule has 2 N–H and O–H groups in total. The molecule has 2 unspecified atom stereocenters. The number of halogens is 1. The quantitative estimate of drug-likeness (QED) is 0.387. The number of methoxy groups -OCH3 is 1. The van der Waals surface area contributed by atoms with Gasteiger partial charge in [0.2, 0.25) is 0 Å². The average molecular weight is 490 g/mol. The zero-order valence-corrected chi connectivity index (χ0v) is 20.3. The molecule has 1 saturated heterocycles. The molecule has 1 aliphatic heterocycles. The molecule has 0 aliphatic carbocycles. The maximum absolute atomic E-state index is 13.3. The molecule has 2 atom stereocenters. The number of ether oxygens (including phenoxy) is 1. The van der Waals surface area contributed by atoms with Gasteiger partial charge in [0.1, 0.15) is 11.5 Å². The van der Waals surface area contributed by atoms with Crippen molar-refractivity contribution in [3.8, 4) is 11.3 Å². The molecule has 5 rings (SSSR count). The van der Waals surface area contributed by atoms with E-state index in [2.05, 4.69) is 27.7 Å². The molecule has 0 radical (unpaired) electrons. The summed E-state index contributed by atoms with van der Waals surface area (Å²) in [5, 5.41) is 6.81. The number of anilines is 1. The minimum atomic E-state index is -0.275. The fourth-order valence-corrected chi connectivity index (χ4v) is 4.94. The number of hydrogen-bond donors (Lipinski definition) is 2. The van der Waals surface area contributed by atoms with Crippen LogP contribution in [0.4, 0.5) is 10.6 Å². The van der Waals surface area contributed by atoms with Crippen molar-refractivity contribution in [3.63, 3.8) is 0 Å². The zero-order valence-electron chi connectivity index (χ0n) is 19.5. The summed E-state index contributed by atoms with van der Waals surface area (Å²) >= 11 is 6.42. The van der Waals surface area contributed by atoms with Crippen LogP contribution in [0.5, 0.6) is 0 Å². The maximum atomic E-state index is 13.3. The largest absolute Gasteiger partial charge is 0.383 e. The molecule has 0 saturated carbocycles. The number of pyridine rings is 1. The fourth-order valence-electron chi connectivity index (χ4n) is 4.74. The predicted molar refractivity (Wildman–Crippen MR) is 139 cm³/mol. The lowest BCUT2D eigenvalue weighted by molar-refractivity contribution is 0.159. The first kappa shape index (κ1) is 23.4. The predicted octanol–water partition coefficient (Wildman–Crippen LogP) is 4.89. The number of fused-ring (bicyclic) bond motifs is 1. The van der Waals surface area contributed by atoms with Gasteiger partial charge in [0.05, 0.1) is 17.7 Å². The number of aromatic nitrogens is 2. The third-order valence-electron chi connectivity index (χ3n) is 6.43. The zero-order chi connectivity index (χ0) is 24.2. The number of carbonyl (C=O) groups excluding carboxylic acids is 1. The van der Waals surface area contributed by atoms with Crippen molar-refractivity contribution in [3.05, 3.63) is 89.6 Å². The Morgan fingerprint density at radius 3 is 2.54 bits per heavy atom. The first-order valence-electron chi connectivity index (χ1n) is 11.7. The summed E-state index contributed by atoms with van der Waals surface area (Å²) in [6.45, 7) is 3.09. The molecule has 7 nitrogen and oxygen atoms in total. The molecule has 3 heterocycles. The van der Waals surface area contributed by atoms with Gasteiger partial charge in [0.15, 0.2) is 5.65 Å². The number of amides is 2. The molecule has 1 fully saturated rings. The molecule has 35 heavy (non-hydrogen) atoms. The topological polar surface area (TPSA) is 70.9 Å². The number of likely N-dealkylation sites (tertiary alicyclic amines) is 1. The summed E-state index contributed by atoms with van der Waals surface area (Å²) in [4.78, 5) is 20.4. The van der Waals surface area contributed by atoms with Gasteiger partial charge in [-0.1, -0.05) is 72.3 Å². The summed E-state index contributed by atoms with van der Waals surface area (Å²) in [6, 6.07) is 23.4. The molecule has 1 aliphatic rings. The van der Waals surface area contributed by atoms with Crippen LogP contribution >= 0.6 is 11.6 Å². The highest BCUT2D eigenvalue weighted by Gasteiger charge is 2.34. The van der Waals surface area contributed by atoms with Gasteiger partial charge in [-0.15, -0.1) is 0 Å². The number of nitrogens with zero attached hydrogens (tertiary/aromatic N) is 3. The molecule has 0 spiro atoms. The van der Waals surface area contributed by atoms with Crippen molar-refractivity contribution in [1.29, 1.82) is 0 Å². The van der Waals surface area contributed by atoms with Gasteiger partial charge in [-0.25, -0.2) is 9.78 Å². The smallest absolute Gasteiger partial charge is 0.320 e. The van der Waals surface area contributed by atoms with E-state index < -0.39 is 0 Å². The average Bonchev–Trinajstić information content (AvgIpc) is 3.46. The van der Waals surface area contributed by atoms with Gasteiger partial charge in [0.25, 0.3) is 0 Å². The van der Waals surface area contributed by atoms with Crippen LogP contribution in [0.25, 0.3) is 16.9 Å². The lowest BCUT2D eigenvalue weighted by Crippen LogP contribution is -2.42. The first-order chi connectivity index (χ1) is 17.1. The van der Waals surface area contributed by atoms with Crippen LogP contribution in [0.3, 0.4) is 0 Å². The third-order valence-corrected chi connectivity index (χ3v) is 6.73. The number of benzene rings is 2. The Morgan fingerprint density at radius 2 is 1.80 bits per heavy atom. The highest BCUT2D eigenvalue weighted by atomic mass is 35.5. The Labute approximate surface area is 209 Å². The van der Waals surface area contributed by atoms with E-state index in [1.54, 1.807) is 13.2 Å². The van der Waals surface area contributed by atoms with Crippen LogP contribution in [0.15, 0.2) is 79.0 Å². The van der Waals surface area contributed by atoms with Crippen molar-refractivity contribution < 1.29 is 9.53 Å². The number of urea groups is 1. The Balaban J connectivity index is 1.41. The lowest BCUT2D eigenvalue weighted by atomic mass is 9.94. The van der Waals surface area contributed by atoms with Gasteiger partial charge in [-0.2, -0.15) is 0 Å². The molecule has 4 aromatic rings. The van der Waals surface area contributed by atoms with E-state index in [-0.39, 0.29) is 18.0 Å². The standard InChI is InChI=1S/C27H28ClN5O2/c1-35-16-15-32-17-21(19-9-4-2-5-10-19)23(18-32)29-27(34)31-26-24(20-11-6-3-7-12-20)30-25-22(28)13-8-14-33(25)26/h2-14,21,23H,15-18H2,1H3,(H2,29,31,34). The summed E-state index contributed by atoms with van der Waals surface area (Å²) < 4.78 is 7.09. The van der Waals surface area contributed by atoms with E-state index in [0.29, 0.717) is 28.8 Å². The van der Waals surface area contributed by atoms with E-state index >= 15 is 0 Å². The van der Waals surface area contributed by atoms with Gasteiger partial charge in [-0.05, 0) is 17.7 Å². The van der Waals surface area contributed by atoms with Crippen LogP contribution in [0.1, 0.15) is 11.5 Å². The van der Waals surface area contributed by atoms with Crippen molar-refractivity contribution in [2.24, 2.45) is 0 Å². The Morgan fingerprint density at radius 1 is 1.06 bits per heavy atom. The lowest BCUT2D eigenvalue weighted by Gasteiger charge is -2.21. The minimum Gasteiger partial charge on any atom is -0.383 e. The second kappa shape index (κ2) is 10.5. The van der Waals surface area contributed by atoms with E-state index in [1.807, 2.05) is 65.2 Å². The molecule has 2 amide bonds. The third kappa shape index (κ3) is 5.03. The molecule has 2 aromatic carbocycles. The molecular formula is C27H28ClN5O2. The molecule has 2 aromatic heterocycles. The van der Waals surface area contributed by atoms with Gasteiger partial charge in [-0.3, -0.25) is 14.6 Å². The van der Waals surface area contributed by atoms with E-state index in [9.17, 15) is 4.79 Å². The Bertz CT molecular complexity index is 1300. The highest BCUT2D eigenvalue weighted by Crippen LogP contribution is 2.32.